The van der Waals surface area contributed by atoms with Crippen LogP contribution < -0.4 is 5.32 Å². The Balaban J connectivity index is 2.07. The first-order chi connectivity index (χ1) is 8.72. The van der Waals surface area contributed by atoms with Gasteiger partial charge in [0.15, 0.2) is 11.6 Å². The van der Waals surface area contributed by atoms with Gasteiger partial charge >= 0.3 is 0 Å². The first-order valence-electron chi connectivity index (χ1n) is 6.40. The highest BCUT2D eigenvalue weighted by molar-refractivity contribution is 5.20. The Kier molecular flexibility index (Phi) is 4.66. The maximum Gasteiger partial charge on any atom is 0.162 e. The van der Waals surface area contributed by atoms with E-state index < -0.39 is 11.6 Å². The Morgan fingerprint density at radius 3 is 2.94 bits per heavy atom. The van der Waals surface area contributed by atoms with E-state index >= 15 is 0 Å². The summed E-state index contributed by atoms with van der Waals surface area (Å²) in [4.78, 5) is 0. The number of halogens is 2. The fourth-order valence-electron chi connectivity index (χ4n) is 2.53. The van der Waals surface area contributed by atoms with Crippen LogP contribution in [0.3, 0.4) is 0 Å². The van der Waals surface area contributed by atoms with Crippen LogP contribution in [0.25, 0.3) is 0 Å². The van der Waals surface area contributed by atoms with Crippen LogP contribution in [0.4, 0.5) is 8.78 Å². The molecule has 0 amide bonds. The molecule has 0 aromatic heterocycles. The van der Waals surface area contributed by atoms with Gasteiger partial charge in [-0.1, -0.05) is 12.1 Å². The number of likely N-dealkylation sites (N-methyl/N-ethyl adjacent to an activating group) is 1. The van der Waals surface area contributed by atoms with Gasteiger partial charge in [0.05, 0.1) is 6.61 Å². The van der Waals surface area contributed by atoms with Gasteiger partial charge < -0.3 is 10.1 Å². The van der Waals surface area contributed by atoms with Crippen LogP contribution in [0.2, 0.25) is 0 Å². The lowest BCUT2D eigenvalue weighted by Crippen LogP contribution is -2.40. The Hall–Kier alpha value is -1.00. The molecule has 0 spiro atoms. The summed E-state index contributed by atoms with van der Waals surface area (Å²) >= 11 is 0. The highest BCUT2D eigenvalue weighted by Crippen LogP contribution is 2.22. The van der Waals surface area contributed by atoms with Crippen molar-refractivity contribution >= 4 is 0 Å². The van der Waals surface area contributed by atoms with E-state index in [0.29, 0.717) is 24.5 Å². The summed E-state index contributed by atoms with van der Waals surface area (Å²) in [7, 11) is 1.86. The molecule has 1 aromatic carbocycles. The maximum absolute atomic E-state index is 13.6. The molecule has 2 atom stereocenters. The summed E-state index contributed by atoms with van der Waals surface area (Å²) < 4.78 is 32.2. The minimum Gasteiger partial charge on any atom is -0.381 e. The van der Waals surface area contributed by atoms with Crippen molar-refractivity contribution < 1.29 is 13.5 Å². The molecule has 1 saturated heterocycles. The SMILES string of the molecule is CNC(Cc1cccc(F)c1F)C1CCCOC1. The lowest BCUT2D eigenvalue weighted by atomic mass is 9.89. The van der Waals surface area contributed by atoms with Gasteiger partial charge in [-0.15, -0.1) is 0 Å². The molecule has 18 heavy (non-hydrogen) atoms. The smallest absolute Gasteiger partial charge is 0.162 e. The monoisotopic (exact) mass is 255 g/mol. The second-order valence-corrected chi connectivity index (χ2v) is 4.79. The van der Waals surface area contributed by atoms with Crippen LogP contribution in [-0.4, -0.2) is 26.3 Å². The molecule has 1 heterocycles. The lowest BCUT2D eigenvalue weighted by Gasteiger charge is -2.30. The van der Waals surface area contributed by atoms with Gasteiger partial charge in [0.25, 0.3) is 0 Å². The number of ether oxygens (including phenoxy) is 1. The topological polar surface area (TPSA) is 21.3 Å². The van der Waals surface area contributed by atoms with E-state index in [1.54, 1.807) is 12.1 Å². The van der Waals surface area contributed by atoms with Crippen molar-refractivity contribution in [3.8, 4) is 0 Å². The summed E-state index contributed by atoms with van der Waals surface area (Å²) in [6, 6.07) is 4.47. The number of rotatable bonds is 4. The van der Waals surface area contributed by atoms with Gasteiger partial charge in [-0.3, -0.25) is 0 Å². The van der Waals surface area contributed by atoms with E-state index in [2.05, 4.69) is 5.32 Å². The Morgan fingerprint density at radius 2 is 2.28 bits per heavy atom. The van der Waals surface area contributed by atoms with Crippen LogP contribution >= 0.6 is 0 Å². The van der Waals surface area contributed by atoms with Gasteiger partial charge in [-0.25, -0.2) is 8.78 Å². The van der Waals surface area contributed by atoms with Crippen LogP contribution in [0.5, 0.6) is 0 Å². The highest BCUT2D eigenvalue weighted by Gasteiger charge is 2.24. The lowest BCUT2D eigenvalue weighted by molar-refractivity contribution is 0.0403. The first kappa shape index (κ1) is 13.4. The molecular weight excluding hydrogens is 236 g/mol. The van der Waals surface area contributed by atoms with Gasteiger partial charge in [0.1, 0.15) is 0 Å². The minimum atomic E-state index is -0.776. The molecule has 0 saturated carbocycles. The zero-order chi connectivity index (χ0) is 13.0. The quantitative estimate of drug-likeness (QED) is 0.892. The molecule has 2 unspecified atom stereocenters. The third-order valence-electron chi connectivity index (χ3n) is 3.61. The second kappa shape index (κ2) is 6.25. The predicted octanol–water partition coefficient (Wildman–Crippen LogP) is 2.52. The molecule has 1 aromatic rings. The zero-order valence-corrected chi connectivity index (χ0v) is 10.6. The van der Waals surface area contributed by atoms with E-state index in [-0.39, 0.29) is 6.04 Å². The molecule has 1 aliphatic rings. The van der Waals surface area contributed by atoms with Crippen molar-refractivity contribution in [1.29, 1.82) is 0 Å². The van der Waals surface area contributed by atoms with E-state index in [1.165, 1.54) is 0 Å². The third-order valence-corrected chi connectivity index (χ3v) is 3.61. The Labute approximate surface area is 106 Å². The summed E-state index contributed by atoms with van der Waals surface area (Å²) in [6.07, 6.45) is 2.60. The van der Waals surface area contributed by atoms with E-state index in [9.17, 15) is 8.78 Å². The van der Waals surface area contributed by atoms with E-state index in [0.717, 1.165) is 25.5 Å². The van der Waals surface area contributed by atoms with Crippen LogP contribution in [-0.2, 0) is 11.2 Å². The summed E-state index contributed by atoms with van der Waals surface area (Å²) in [6.45, 7) is 1.50. The van der Waals surface area contributed by atoms with Crippen molar-refractivity contribution in [3.05, 3.63) is 35.4 Å². The van der Waals surface area contributed by atoms with E-state index in [1.807, 2.05) is 7.05 Å². The molecule has 1 N–H and O–H groups in total. The molecule has 2 rings (SSSR count). The number of benzene rings is 1. The molecular formula is C14H19F2NO. The van der Waals surface area contributed by atoms with Gasteiger partial charge in [0, 0.05) is 12.6 Å². The molecule has 1 aliphatic heterocycles. The predicted molar refractivity (Wildman–Crippen MR) is 66.5 cm³/mol. The minimum absolute atomic E-state index is 0.126. The normalized spacial score (nSPS) is 21.8. The van der Waals surface area contributed by atoms with Crippen LogP contribution in [0.15, 0.2) is 18.2 Å². The zero-order valence-electron chi connectivity index (χ0n) is 10.6. The van der Waals surface area contributed by atoms with Gasteiger partial charge in [0.2, 0.25) is 0 Å². The molecule has 4 heteroatoms. The Morgan fingerprint density at radius 1 is 1.44 bits per heavy atom. The summed E-state index contributed by atoms with van der Waals surface area (Å²) in [5.74, 6) is -1.14. The average Bonchev–Trinajstić information content (AvgIpc) is 2.41. The average molecular weight is 255 g/mol. The van der Waals surface area contributed by atoms with E-state index in [4.69, 9.17) is 4.74 Å². The number of hydrogen-bond acceptors (Lipinski definition) is 2. The van der Waals surface area contributed by atoms with Gasteiger partial charge in [-0.2, -0.15) is 0 Å². The highest BCUT2D eigenvalue weighted by atomic mass is 19.2. The fourth-order valence-corrected chi connectivity index (χ4v) is 2.53. The number of hydrogen-bond donors (Lipinski definition) is 1. The standard InChI is InChI=1S/C14H19F2NO/c1-17-13(11-5-3-7-18-9-11)8-10-4-2-6-12(15)14(10)16/h2,4,6,11,13,17H,3,5,7-9H2,1H3. The Bertz CT molecular complexity index is 391. The van der Waals surface area contributed by atoms with Crippen molar-refractivity contribution in [2.45, 2.75) is 25.3 Å². The molecule has 100 valence electrons. The largest absolute Gasteiger partial charge is 0.381 e. The summed E-state index contributed by atoms with van der Waals surface area (Å²) in [5, 5.41) is 3.20. The van der Waals surface area contributed by atoms with Gasteiger partial charge in [-0.05, 0) is 43.9 Å². The maximum atomic E-state index is 13.6. The van der Waals surface area contributed by atoms with Crippen molar-refractivity contribution in [2.75, 3.05) is 20.3 Å². The fraction of sp³-hybridized carbons (Fsp3) is 0.571. The molecule has 0 bridgehead atoms. The number of nitrogens with one attached hydrogen (secondary N) is 1. The van der Waals surface area contributed by atoms with Crippen molar-refractivity contribution in [3.63, 3.8) is 0 Å². The van der Waals surface area contributed by atoms with Crippen molar-refractivity contribution in [2.24, 2.45) is 5.92 Å². The summed E-state index contributed by atoms with van der Waals surface area (Å²) in [5.41, 5.74) is 0.430. The van der Waals surface area contributed by atoms with Crippen molar-refractivity contribution in [1.82, 2.24) is 5.32 Å². The van der Waals surface area contributed by atoms with Crippen LogP contribution in [0.1, 0.15) is 18.4 Å². The first-order valence-corrected chi connectivity index (χ1v) is 6.40. The third kappa shape index (κ3) is 3.06. The molecule has 0 radical (unpaired) electrons. The molecule has 0 aliphatic carbocycles. The second-order valence-electron chi connectivity index (χ2n) is 4.79. The van der Waals surface area contributed by atoms with Crippen LogP contribution in [0, 0.1) is 17.6 Å². The molecule has 1 fully saturated rings. The molecule has 2 nitrogen and oxygen atoms in total.